The van der Waals surface area contributed by atoms with Crippen molar-refractivity contribution in [3.8, 4) is 6.07 Å². The minimum Gasteiger partial charge on any atom is -0.303 e. The predicted molar refractivity (Wildman–Crippen MR) is 59.9 cm³/mol. The molecule has 0 aromatic carbocycles. The van der Waals surface area contributed by atoms with E-state index in [0.717, 1.165) is 31.8 Å². The zero-order chi connectivity index (χ0) is 10.1. The Morgan fingerprint density at radius 1 is 1.31 bits per heavy atom. The van der Waals surface area contributed by atoms with Crippen LogP contribution in [0, 0.1) is 11.3 Å². The van der Waals surface area contributed by atoms with Gasteiger partial charge in [-0.2, -0.15) is 5.26 Å². The average Bonchev–Trinajstić information content (AvgIpc) is 2.19. The topological polar surface area (TPSA) is 27.0 Å². The number of thioether (sulfide) groups is 1. The van der Waals surface area contributed by atoms with Crippen LogP contribution in [0.25, 0.3) is 0 Å². The second-order valence-corrected chi connectivity index (χ2v) is 4.23. The smallest absolute Gasteiger partial charge is 0.0914 e. The lowest BCUT2D eigenvalue weighted by Gasteiger charge is -2.17. The van der Waals surface area contributed by atoms with Crippen LogP contribution >= 0.6 is 11.8 Å². The summed E-state index contributed by atoms with van der Waals surface area (Å²) in [7, 11) is 0. The van der Waals surface area contributed by atoms with Crippen LogP contribution in [0.4, 0.5) is 0 Å². The van der Waals surface area contributed by atoms with Crippen LogP contribution in [0.5, 0.6) is 0 Å². The molecule has 76 valence electrons. The third kappa shape index (κ3) is 5.95. The summed E-state index contributed by atoms with van der Waals surface area (Å²) in [5, 5.41) is 8.91. The van der Waals surface area contributed by atoms with Crippen molar-refractivity contribution in [2.75, 3.05) is 25.4 Å². The van der Waals surface area contributed by atoms with Crippen molar-refractivity contribution < 1.29 is 0 Å². The van der Waals surface area contributed by atoms with Crippen LogP contribution in [-0.4, -0.2) is 35.5 Å². The zero-order valence-corrected chi connectivity index (χ0v) is 9.73. The Kier molecular flexibility index (Phi) is 8.27. The third-order valence-electron chi connectivity index (χ3n) is 2.14. The van der Waals surface area contributed by atoms with E-state index >= 15 is 0 Å². The van der Waals surface area contributed by atoms with Gasteiger partial charge in [-0.3, -0.25) is 0 Å². The second-order valence-electron chi connectivity index (χ2n) is 2.92. The highest BCUT2D eigenvalue weighted by molar-refractivity contribution is 8.00. The van der Waals surface area contributed by atoms with E-state index in [1.807, 2.05) is 0 Å². The Balaban J connectivity index is 3.48. The van der Waals surface area contributed by atoms with E-state index in [1.54, 1.807) is 11.8 Å². The molecule has 0 spiro atoms. The molecule has 0 N–H and O–H groups in total. The maximum atomic E-state index is 8.72. The van der Waals surface area contributed by atoms with Gasteiger partial charge in [0.25, 0.3) is 0 Å². The highest BCUT2D eigenvalue weighted by atomic mass is 32.2. The van der Waals surface area contributed by atoms with Crippen LogP contribution in [0.3, 0.4) is 0 Å². The summed E-state index contributed by atoms with van der Waals surface area (Å²) in [6.45, 7) is 9.75. The summed E-state index contributed by atoms with van der Waals surface area (Å²) >= 11 is 1.78. The molecular weight excluding hydrogens is 180 g/mol. The molecule has 1 atom stereocenters. The van der Waals surface area contributed by atoms with Gasteiger partial charge in [0.2, 0.25) is 0 Å². The Morgan fingerprint density at radius 3 is 2.31 bits per heavy atom. The fourth-order valence-corrected chi connectivity index (χ4v) is 2.07. The highest BCUT2D eigenvalue weighted by Crippen LogP contribution is 2.13. The van der Waals surface area contributed by atoms with Crippen LogP contribution in [-0.2, 0) is 0 Å². The van der Waals surface area contributed by atoms with Crippen molar-refractivity contribution in [1.29, 1.82) is 5.26 Å². The first-order valence-electron chi connectivity index (χ1n) is 5.01. The molecule has 0 aromatic rings. The Bertz CT molecular complexity index is 149. The van der Waals surface area contributed by atoms with E-state index in [1.165, 1.54) is 0 Å². The fourth-order valence-electron chi connectivity index (χ4n) is 1.11. The summed E-state index contributed by atoms with van der Waals surface area (Å²) in [6, 6.07) is 2.31. The van der Waals surface area contributed by atoms with Crippen molar-refractivity contribution in [3.63, 3.8) is 0 Å². The maximum absolute atomic E-state index is 8.72. The first-order chi connectivity index (χ1) is 6.28. The fraction of sp³-hybridized carbons (Fsp3) is 0.900. The van der Waals surface area contributed by atoms with Gasteiger partial charge in [0, 0.05) is 12.3 Å². The number of nitriles is 1. The molecule has 0 saturated heterocycles. The third-order valence-corrected chi connectivity index (χ3v) is 3.40. The number of rotatable bonds is 7. The van der Waals surface area contributed by atoms with E-state index in [2.05, 4.69) is 31.7 Å². The first-order valence-corrected chi connectivity index (χ1v) is 6.06. The first kappa shape index (κ1) is 12.8. The lowest BCUT2D eigenvalue weighted by atomic mass is 10.4. The van der Waals surface area contributed by atoms with Gasteiger partial charge in [-0.25, -0.2) is 0 Å². The van der Waals surface area contributed by atoms with Gasteiger partial charge in [0.05, 0.1) is 11.3 Å². The van der Waals surface area contributed by atoms with E-state index in [4.69, 9.17) is 5.26 Å². The van der Waals surface area contributed by atoms with Crippen molar-refractivity contribution in [3.05, 3.63) is 0 Å². The monoisotopic (exact) mass is 200 g/mol. The molecule has 0 saturated carbocycles. The average molecular weight is 200 g/mol. The molecule has 0 rings (SSSR count). The molecule has 0 fully saturated rings. The van der Waals surface area contributed by atoms with E-state index < -0.39 is 0 Å². The molecule has 2 nitrogen and oxygen atoms in total. The largest absolute Gasteiger partial charge is 0.303 e. The van der Waals surface area contributed by atoms with Crippen LogP contribution in [0.15, 0.2) is 0 Å². The normalized spacial score (nSPS) is 12.8. The quantitative estimate of drug-likeness (QED) is 0.631. The van der Waals surface area contributed by atoms with Crippen molar-refractivity contribution in [2.45, 2.75) is 32.4 Å². The molecule has 0 aliphatic heterocycles. The molecule has 0 aromatic heterocycles. The molecular formula is C10H20N2S. The van der Waals surface area contributed by atoms with Gasteiger partial charge in [0.1, 0.15) is 0 Å². The molecule has 13 heavy (non-hydrogen) atoms. The molecule has 0 bridgehead atoms. The van der Waals surface area contributed by atoms with Gasteiger partial charge in [0.15, 0.2) is 0 Å². The molecule has 0 radical (unpaired) electrons. The molecule has 0 heterocycles. The molecule has 0 aliphatic rings. The van der Waals surface area contributed by atoms with E-state index in [9.17, 15) is 0 Å². The Morgan fingerprint density at radius 2 is 1.92 bits per heavy atom. The second kappa shape index (κ2) is 8.40. The lowest BCUT2D eigenvalue weighted by Crippen LogP contribution is -2.25. The molecule has 1 unspecified atom stereocenters. The SMILES string of the molecule is CCC(C#N)SCCN(CC)CC. The summed E-state index contributed by atoms with van der Waals surface area (Å²) in [4.78, 5) is 2.39. The van der Waals surface area contributed by atoms with Gasteiger partial charge in [-0.15, -0.1) is 11.8 Å². The van der Waals surface area contributed by atoms with Gasteiger partial charge >= 0.3 is 0 Å². The standard InChI is InChI=1S/C10H20N2S/c1-4-10(9-11)13-8-7-12(5-2)6-3/h10H,4-8H2,1-3H3. The van der Waals surface area contributed by atoms with Crippen molar-refractivity contribution in [1.82, 2.24) is 4.90 Å². The lowest BCUT2D eigenvalue weighted by molar-refractivity contribution is 0.324. The van der Waals surface area contributed by atoms with Crippen LogP contribution < -0.4 is 0 Å². The van der Waals surface area contributed by atoms with Crippen molar-refractivity contribution >= 4 is 11.8 Å². The van der Waals surface area contributed by atoms with E-state index in [-0.39, 0.29) is 5.25 Å². The van der Waals surface area contributed by atoms with Gasteiger partial charge in [-0.05, 0) is 19.5 Å². The highest BCUT2D eigenvalue weighted by Gasteiger charge is 2.05. The number of nitrogens with zero attached hydrogens (tertiary/aromatic N) is 2. The van der Waals surface area contributed by atoms with Gasteiger partial charge < -0.3 is 4.90 Å². The number of hydrogen-bond acceptors (Lipinski definition) is 3. The Hall–Kier alpha value is -0.200. The van der Waals surface area contributed by atoms with Crippen LogP contribution in [0.2, 0.25) is 0 Å². The summed E-state index contributed by atoms with van der Waals surface area (Å²) in [5.41, 5.74) is 0. The maximum Gasteiger partial charge on any atom is 0.0914 e. The molecule has 0 amide bonds. The summed E-state index contributed by atoms with van der Waals surface area (Å²) < 4.78 is 0. The predicted octanol–water partition coefficient (Wildman–Crippen LogP) is 2.36. The van der Waals surface area contributed by atoms with E-state index in [0.29, 0.717) is 0 Å². The van der Waals surface area contributed by atoms with Crippen LogP contribution in [0.1, 0.15) is 27.2 Å². The van der Waals surface area contributed by atoms with Crippen molar-refractivity contribution in [2.24, 2.45) is 0 Å². The Labute approximate surface area is 86.3 Å². The molecule has 3 heteroatoms. The summed E-state index contributed by atoms with van der Waals surface area (Å²) in [5.74, 6) is 1.08. The molecule has 0 aliphatic carbocycles. The minimum absolute atomic E-state index is 0.190. The summed E-state index contributed by atoms with van der Waals surface area (Å²) in [6.07, 6.45) is 0.958. The minimum atomic E-state index is 0.190. The van der Waals surface area contributed by atoms with Gasteiger partial charge in [-0.1, -0.05) is 20.8 Å². The zero-order valence-electron chi connectivity index (χ0n) is 8.92. The number of hydrogen-bond donors (Lipinski definition) is 0.